The normalized spacial score (nSPS) is 23.1. The summed E-state index contributed by atoms with van der Waals surface area (Å²) in [5, 5.41) is 6.25. The molecule has 0 bridgehead atoms. The van der Waals surface area contributed by atoms with Gasteiger partial charge in [-0.1, -0.05) is 0 Å². The van der Waals surface area contributed by atoms with Gasteiger partial charge >= 0.3 is 5.97 Å². The fourth-order valence-electron chi connectivity index (χ4n) is 2.49. The molecule has 1 N–H and O–H groups in total. The number of nitrogens with zero attached hydrogens (tertiary/aromatic N) is 1. The van der Waals surface area contributed by atoms with Crippen molar-refractivity contribution in [1.82, 2.24) is 10.3 Å². The van der Waals surface area contributed by atoms with Crippen LogP contribution in [0.2, 0.25) is 0 Å². The summed E-state index contributed by atoms with van der Waals surface area (Å²) in [7, 11) is 0. The Kier molecular flexibility index (Phi) is 5.99. The summed E-state index contributed by atoms with van der Waals surface area (Å²) in [4.78, 5) is 16.5. The number of carbonyl (C=O) groups excluding carboxylic acids is 1. The minimum atomic E-state index is -0.503. The number of ether oxygens (including phenoxy) is 2. The molecular formula is C15H23BrN2O3S. The van der Waals surface area contributed by atoms with E-state index in [2.05, 4.69) is 26.2 Å². The molecule has 22 heavy (non-hydrogen) atoms. The molecule has 0 aromatic carbocycles. The number of hydrogen-bond acceptors (Lipinski definition) is 6. The molecule has 1 atom stereocenters. The molecule has 0 aliphatic carbocycles. The van der Waals surface area contributed by atoms with Crippen molar-refractivity contribution in [3.8, 4) is 0 Å². The molecular weight excluding hydrogens is 368 g/mol. The van der Waals surface area contributed by atoms with Crippen molar-refractivity contribution >= 4 is 33.2 Å². The fourth-order valence-corrected chi connectivity index (χ4v) is 3.96. The number of carbonyl (C=O) groups is 1. The quantitative estimate of drug-likeness (QED) is 0.799. The second kappa shape index (κ2) is 7.38. The fraction of sp³-hybridized carbons (Fsp3) is 0.733. The highest BCUT2D eigenvalue weighted by molar-refractivity contribution is 9.10. The Morgan fingerprint density at radius 3 is 2.86 bits per heavy atom. The van der Waals surface area contributed by atoms with Gasteiger partial charge in [-0.05, 0) is 69.1 Å². The van der Waals surface area contributed by atoms with Crippen molar-refractivity contribution in [1.29, 1.82) is 0 Å². The highest BCUT2D eigenvalue weighted by atomic mass is 79.9. The van der Waals surface area contributed by atoms with E-state index < -0.39 is 11.2 Å². The predicted molar refractivity (Wildman–Crippen MR) is 90.0 cm³/mol. The third-order valence-corrected chi connectivity index (χ3v) is 5.13. The largest absolute Gasteiger partial charge is 0.458 e. The Balaban J connectivity index is 2.10. The van der Waals surface area contributed by atoms with Crippen molar-refractivity contribution in [2.45, 2.75) is 51.2 Å². The first-order valence-corrected chi connectivity index (χ1v) is 9.16. The van der Waals surface area contributed by atoms with E-state index in [9.17, 15) is 4.79 Å². The van der Waals surface area contributed by atoms with E-state index in [1.807, 2.05) is 26.2 Å². The second-order valence-corrected chi connectivity index (χ2v) is 8.12. The van der Waals surface area contributed by atoms with Gasteiger partial charge in [0, 0.05) is 5.38 Å². The smallest absolute Gasteiger partial charge is 0.332 e. The minimum absolute atomic E-state index is 0.0472. The van der Waals surface area contributed by atoms with Crippen molar-refractivity contribution in [3.63, 3.8) is 0 Å². The maximum absolute atomic E-state index is 12.0. The molecule has 1 aliphatic heterocycles. The van der Waals surface area contributed by atoms with E-state index in [4.69, 9.17) is 9.47 Å². The Morgan fingerprint density at radius 2 is 2.23 bits per heavy atom. The number of aromatic nitrogens is 1. The predicted octanol–water partition coefficient (Wildman–Crippen LogP) is 3.23. The molecule has 0 saturated carbocycles. The lowest BCUT2D eigenvalue weighted by Gasteiger charge is -2.31. The van der Waals surface area contributed by atoms with Crippen LogP contribution in [0, 0.1) is 0 Å². The Hall–Kier alpha value is -0.500. The standard InChI is InChI=1S/C15H23BrN2O3S/c1-14(2,3)21-12(19)9-20-15(5-4-7-17-8-6-15)13-18-11(16)10-22-13/h10,17H,4-9H2,1-3H3. The van der Waals surface area contributed by atoms with Crippen molar-refractivity contribution < 1.29 is 14.3 Å². The number of nitrogens with one attached hydrogen (secondary N) is 1. The number of rotatable bonds is 4. The van der Waals surface area contributed by atoms with Gasteiger partial charge in [-0.2, -0.15) is 0 Å². The van der Waals surface area contributed by atoms with Crippen LogP contribution >= 0.6 is 27.3 Å². The van der Waals surface area contributed by atoms with Crippen LogP contribution in [0.3, 0.4) is 0 Å². The zero-order chi connectivity index (χ0) is 16.2. The highest BCUT2D eigenvalue weighted by Crippen LogP contribution is 2.38. The molecule has 0 amide bonds. The van der Waals surface area contributed by atoms with Gasteiger partial charge in [0.05, 0.1) is 0 Å². The highest BCUT2D eigenvalue weighted by Gasteiger charge is 2.37. The van der Waals surface area contributed by atoms with Crippen LogP contribution < -0.4 is 5.32 Å². The van der Waals surface area contributed by atoms with E-state index in [0.717, 1.165) is 42.0 Å². The molecule has 1 unspecified atom stereocenters. The molecule has 0 spiro atoms. The molecule has 1 aliphatic rings. The van der Waals surface area contributed by atoms with Gasteiger partial charge in [-0.3, -0.25) is 0 Å². The first kappa shape index (κ1) is 17.8. The summed E-state index contributed by atoms with van der Waals surface area (Å²) in [5.74, 6) is -0.334. The molecule has 124 valence electrons. The summed E-state index contributed by atoms with van der Waals surface area (Å²) >= 11 is 4.96. The number of esters is 1. The minimum Gasteiger partial charge on any atom is -0.458 e. The van der Waals surface area contributed by atoms with Gasteiger partial charge < -0.3 is 14.8 Å². The second-order valence-electron chi connectivity index (χ2n) is 6.45. The van der Waals surface area contributed by atoms with E-state index in [1.165, 1.54) is 0 Å². The van der Waals surface area contributed by atoms with Crippen LogP contribution in [0.15, 0.2) is 9.98 Å². The van der Waals surface area contributed by atoms with E-state index in [1.54, 1.807) is 11.3 Å². The third-order valence-electron chi connectivity index (χ3n) is 3.39. The number of halogens is 1. The first-order valence-electron chi connectivity index (χ1n) is 7.49. The van der Waals surface area contributed by atoms with Gasteiger partial charge in [-0.15, -0.1) is 11.3 Å². The van der Waals surface area contributed by atoms with E-state index in [-0.39, 0.29) is 12.6 Å². The molecule has 0 radical (unpaired) electrons. The Morgan fingerprint density at radius 1 is 1.45 bits per heavy atom. The van der Waals surface area contributed by atoms with Crippen LogP contribution in [0.5, 0.6) is 0 Å². The van der Waals surface area contributed by atoms with Gasteiger partial charge in [0.25, 0.3) is 0 Å². The van der Waals surface area contributed by atoms with Crippen molar-refractivity contribution in [3.05, 3.63) is 15.0 Å². The van der Waals surface area contributed by atoms with Crippen molar-refractivity contribution in [2.24, 2.45) is 0 Å². The summed E-state index contributed by atoms with van der Waals surface area (Å²) in [6.45, 7) is 7.33. The topological polar surface area (TPSA) is 60.5 Å². The molecule has 2 rings (SSSR count). The number of thiazole rings is 1. The van der Waals surface area contributed by atoms with Crippen LogP contribution in [0.25, 0.3) is 0 Å². The number of hydrogen-bond donors (Lipinski definition) is 1. The van der Waals surface area contributed by atoms with Crippen LogP contribution in [0.1, 0.15) is 45.0 Å². The average Bonchev–Trinajstić information content (AvgIpc) is 2.72. The molecule has 7 heteroatoms. The summed E-state index contributed by atoms with van der Waals surface area (Å²) in [6.07, 6.45) is 2.64. The SMILES string of the molecule is CC(C)(C)OC(=O)COC1(c2nc(Br)cs2)CCCNCC1. The molecule has 1 saturated heterocycles. The third kappa shape index (κ3) is 5.01. The first-order chi connectivity index (χ1) is 10.3. The van der Waals surface area contributed by atoms with Crippen LogP contribution in [-0.2, 0) is 19.9 Å². The Labute approximate surface area is 143 Å². The lowest BCUT2D eigenvalue weighted by Crippen LogP contribution is -2.35. The molecule has 1 aromatic rings. The molecule has 1 aromatic heterocycles. The summed E-state index contributed by atoms with van der Waals surface area (Å²) in [5.41, 5.74) is -1.00. The maximum Gasteiger partial charge on any atom is 0.332 e. The summed E-state index contributed by atoms with van der Waals surface area (Å²) < 4.78 is 12.2. The monoisotopic (exact) mass is 390 g/mol. The summed E-state index contributed by atoms with van der Waals surface area (Å²) in [6, 6.07) is 0. The average molecular weight is 391 g/mol. The van der Waals surface area contributed by atoms with Gasteiger partial charge in [-0.25, -0.2) is 9.78 Å². The van der Waals surface area contributed by atoms with E-state index >= 15 is 0 Å². The lowest BCUT2D eigenvalue weighted by atomic mass is 9.95. The van der Waals surface area contributed by atoms with Crippen LogP contribution in [-0.4, -0.2) is 36.3 Å². The molecule has 1 fully saturated rings. The van der Waals surface area contributed by atoms with Crippen LogP contribution in [0.4, 0.5) is 0 Å². The maximum atomic E-state index is 12.0. The molecule has 5 nitrogen and oxygen atoms in total. The van der Waals surface area contributed by atoms with Crippen molar-refractivity contribution in [2.75, 3.05) is 19.7 Å². The van der Waals surface area contributed by atoms with Gasteiger partial charge in [0.1, 0.15) is 27.4 Å². The Bertz CT molecular complexity index is 505. The molecule has 2 heterocycles. The zero-order valence-electron chi connectivity index (χ0n) is 13.3. The zero-order valence-corrected chi connectivity index (χ0v) is 15.7. The lowest BCUT2D eigenvalue weighted by molar-refractivity contribution is -0.168. The van der Waals surface area contributed by atoms with Gasteiger partial charge in [0.2, 0.25) is 0 Å². The van der Waals surface area contributed by atoms with E-state index in [0.29, 0.717) is 0 Å². The van der Waals surface area contributed by atoms with Gasteiger partial charge in [0.15, 0.2) is 0 Å².